The molecule has 0 aliphatic heterocycles. The second kappa shape index (κ2) is 7.59. The topological polar surface area (TPSA) is 86.6 Å². The Morgan fingerprint density at radius 2 is 1.25 bits per heavy atom. The summed E-state index contributed by atoms with van der Waals surface area (Å²) in [5.74, 6) is -0.0715. The Hall–Kier alpha value is -4.03. The Morgan fingerprint density at radius 1 is 0.625 bits per heavy atom. The fourth-order valence-corrected chi connectivity index (χ4v) is 5.26. The minimum atomic E-state index is -3.90. The summed E-state index contributed by atoms with van der Waals surface area (Å²) in [6.07, 6.45) is 0. The maximum Gasteiger partial charge on any atom is 0.262 e. The molecule has 5 rings (SSSR count). The molecule has 0 spiro atoms. The maximum atomic E-state index is 13.2. The highest BCUT2D eigenvalue weighted by Crippen LogP contribution is 2.42. The van der Waals surface area contributed by atoms with E-state index < -0.39 is 10.0 Å². The predicted octanol–water partition coefficient (Wildman–Crippen LogP) is 5.87. The van der Waals surface area contributed by atoms with Gasteiger partial charge in [0.2, 0.25) is 0 Å². The monoisotopic (exact) mass is 441 g/mol. The highest BCUT2D eigenvalue weighted by atomic mass is 32.2. The van der Waals surface area contributed by atoms with E-state index in [2.05, 4.69) is 4.72 Å². The standard InChI is InChI=1S/C26H19NO4S/c28-23-15-13-19(16-22(23)26-21-10-4-2-7-18(21)12-14-24(26)29)27-32(30,31)25-11-5-8-17-6-1-3-9-20(17)25/h1-16,27-29H. The molecule has 0 fully saturated rings. The average molecular weight is 442 g/mol. The number of anilines is 1. The number of benzene rings is 5. The summed E-state index contributed by atoms with van der Waals surface area (Å²) in [7, 11) is -3.90. The van der Waals surface area contributed by atoms with Crippen molar-refractivity contribution in [3.05, 3.63) is 97.1 Å². The third-order valence-corrected chi connectivity index (χ3v) is 6.90. The Balaban J connectivity index is 1.62. The van der Waals surface area contributed by atoms with E-state index in [1.54, 1.807) is 36.4 Å². The summed E-state index contributed by atoms with van der Waals surface area (Å²) in [6, 6.07) is 27.6. The highest BCUT2D eigenvalue weighted by molar-refractivity contribution is 7.93. The van der Waals surface area contributed by atoms with Crippen molar-refractivity contribution in [1.82, 2.24) is 0 Å². The Labute approximate surface area is 185 Å². The minimum absolute atomic E-state index is 0.00643. The second-order valence-electron chi connectivity index (χ2n) is 7.50. The Bertz CT molecular complexity index is 1590. The average Bonchev–Trinajstić information content (AvgIpc) is 2.80. The molecule has 32 heavy (non-hydrogen) atoms. The van der Waals surface area contributed by atoms with Crippen LogP contribution in [0.25, 0.3) is 32.7 Å². The number of aromatic hydroxyl groups is 2. The first kappa shape index (κ1) is 19.9. The van der Waals surface area contributed by atoms with Crippen LogP contribution in [0.15, 0.2) is 102 Å². The van der Waals surface area contributed by atoms with Crippen molar-refractivity contribution in [2.24, 2.45) is 0 Å². The van der Waals surface area contributed by atoms with E-state index in [1.165, 1.54) is 18.2 Å². The van der Waals surface area contributed by atoms with Crippen LogP contribution in [0.3, 0.4) is 0 Å². The number of rotatable bonds is 4. The van der Waals surface area contributed by atoms with Gasteiger partial charge in [-0.2, -0.15) is 0 Å². The molecule has 0 bridgehead atoms. The molecule has 5 aromatic carbocycles. The summed E-state index contributed by atoms with van der Waals surface area (Å²) < 4.78 is 29.0. The van der Waals surface area contributed by atoms with E-state index in [9.17, 15) is 18.6 Å². The first-order chi connectivity index (χ1) is 15.4. The summed E-state index contributed by atoms with van der Waals surface area (Å²) in [4.78, 5) is 0.165. The zero-order valence-corrected chi connectivity index (χ0v) is 17.7. The van der Waals surface area contributed by atoms with Gasteiger partial charge in [-0.1, -0.05) is 66.7 Å². The van der Waals surface area contributed by atoms with Gasteiger partial charge in [0.1, 0.15) is 11.5 Å². The number of hydrogen-bond acceptors (Lipinski definition) is 4. The van der Waals surface area contributed by atoms with E-state index in [0.717, 1.165) is 16.2 Å². The Morgan fingerprint density at radius 3 is 2.03 bits per heavy atom. The van der Waals surface area contributed by atoms with Crippen molar-refractivity contribution in [1.29, 1.82) is 0 Å². The number of nitrogens with one attached hydrogen (secondary N) is 1. The third kappa shape index (κ3) is 3.40. The molecule has 0 aliphatic rings. The zero-order valence-electron chi connectivity index (χ0n) is 16.9. The van der Waals surface area contributed by atoms with Crippen LogP contribution in [0.2, 0.25) is 0 Å². The van der Waals surface area contributed by atoms with Gasteiger partial charge in [-0.3, -0.25) is 4.72 Å². The van der Waals surface area contributed by atoms with Crippen LogP contribution in [0.4, 0.5) is 5.69 Å². The number of fused-ring (bicyclic) bond motifs is 2. The number of phenols is 2. The maximum absolute atomic E-state index is 13.2. The first-order valence-corrected chi connectivity index (χ1v) is 11.5. The number of phenolic OH excluding ortho intramolecular Hbond substituents is 2. The smallest absolute Gasteiger partial charge is 0.262 e. The highest BCUT2D eigenvalue weighted by Gasteiger charge is 2.19. The van der Waals surface area contributed by atoms with Gasteiger partial charge in [0.05, 0.1) is 4.90 Å². The molecule has 6 heteroatoms. The molecular weight excluding hydrogens is 422 g/mol. The van der Waals surface area contributed by atoms with Gasteiger partial charge in [-0.25, -0.2) is 8.42 Å². The van der Waals surface area contributed by atoms with Crippen molar-refractivity contribution in [2.75, 3.05) is 4.72 Å². The SMILES string of the molecule is O=S(=O)(Nc1ccc(O)c(-c2c(O)ccc3ccccc23)c1)c1cccc2ccccc12. The van der Waals surface area contributed by atoms with E-state index in [4.69, 9.17) is 0 Å². The normalized spacial score (nSPS) is 11.6. The molecule has 3 N–H and O–H groups in total. The van der Waals surface area contributed by atoms with Gasteiger partial charge in [0.25, 0.3) is 10.0 Å². The van der Waals surface area contributed by atoms with Crippen LogP contribution < -0.4 is 4.72 Å². The number of sulfonamides is 1. The summed E-state index contributed by atoms with van der Waals surface area (Å²) >= 11 is 0. The number of hydrogen-bond donors (Lipinski definition) is 3. The largest absolute Gasteiger partial charge is 0.507 e. The van der Waals surface area contributed by atoms with Crippen LogP contribution in [0, 0.1) is 0 Å². The summed E-state index contributed by atoms with van der Waals surface area (Å²) in [5, 5.41) is 24.2. The predicted molar refractivity (Wildman–Crippen MR) is 127 cm³/mol. The fourth-order valence-electron chi connectivity index (χ4n) is 3.98. The van der Waals surface area contributed by atoms with Crippen LogP contribution in [0.1, 0.15) is 0 Å². The molecule has 0 aromatic heterocycles. The van der Waals surface area contributed by atoms with Gasteiger partial charge < -0.3 is 10.2 Å². The fraction of sp³-hybridized carbons (Fsp3) is 0. The van der Waals surface area contributed by atoms with Crippen molar-refractivity contribution in [2.45, 2.75) is 4.90 Å². The molecule has 0 heterocycles. The first-order valence-electron chi connectivity index (χ1n) is 9.99. The van der Waals surface area contributed by atoms with Gasteiger partial charge in [0.15, 0.2) is 0 Å². The second-order valence-corrected chi connectivity index (χ2v) is 9.15. The van der Waals surface area contributed by atoms with Crippen LogP contribution in [-0.4, -0.2) is 18.6 Å². The summed E-state index contributed by atoms with van der Waals surface area (Å²) in [6.45, 7) is 0. The van der Waals surface area contributed by atoms with E-state index in [-0.39, 0.29) is 22.1 Å². The van der Waals surface area contributed by atoms with Crippen molar-refractivity contribution in [3.8, 4) is 22.6 Å². The summed E-state index contributed by atoms with van der Waals surface area (Å²) in [5.41, 5.74) is 1.04. The molecule has 0 radical (unpaired) electrons. The molecule has 5 aromatic rings. The molecule has 0 atom stereocenters. The van der Waals surface area contributed by atoms with E-state index in [1.807, 2.05) is 42.5 Å². The van der Waals surface area contributed by atoms with Crippen molar-refractivity contribution < 1.29 is 18.6 Å². The Kier molecular flexibility index (Phi) is 4.72. The van der Waals surface area contributed by atoms with E-state index in [0.29, 0.717) is 16.5 Å². The lowest BCUT2D eigenvalue weighted by Crippen LogP contribution is -2.13. The lowest BCUT2D eigenvalue weighted by atomic mass is 9.96. The van der Waals surface area contributed by atoms with Crippen molar-refractivity contribution >= 4 is 37.3 Å². The van der Waals surface area contributed by atoms with Crippen LogP contribution in [0.5, 0.6) is 11.5 Å². The minimum Gasteiger partial charge on any atom is -0.507 e. The van der Waals surface area contributed by atoms with E-state index >= 15 is 0 Å². The molecule has 0 saturated heterocycles. The molecule has 5 nitrogen and oxygen atoms in total. The lowest BCUT2D eigenvalue weighted by molar-refractivity contribution is 0.470. The molecule has 0 aliphatic carbocycles. The molecule has 0 unspecified atom stereocenters. The van der Waals surface area contributed by atoms with Gasteiger partial charge in [0, 0.05) is 22.2 Å². The third-order valence-electron chi connectivity index (χ3n) is 5.46. The molecule has 0 amide bonds. The quantitative estimate of drug-likeness (QED) is 0.304. The zero-order chi connectivity index (χ0) is 22.3. The van der Waals surface area contributed by atoms with Gasteiger partial charge in [-0.15, -0.1) is 0 Å². The molecular formula is C26H19NO4S. The van der Waals surface area contributed by atoms with Gasteiger partial charge >= 0.3 is 0 Å². The van der Waals surface area contributed by atoms with Crippen LogP contribution >= 0.6 is 0 Å². The van der Waals surface area contributed by atoms with Gasteiger partial charge in [-0.05, 0) is 46.5 Å². The van der Waals surface area contributed by atoms with Crippen molar-refractivity contribution in [3.63, 3.8) is 0 Å². The lowest BCUT2D eigenvalue weighted by Gasteiger charge is -2.14. The molecule has 0 saturated carbocycles. The molecule has 158 valence electrons. The van der Waals surface area contributed by atoms with Crippen LogP contribution in [-0.2, 0) is 10.0 Å².